The number of anilines is 1. The van der Waals surface area contributed by atoms with Crippen molar-refractivity contribution in [3.8, 4) is 0 Å². The van der Waals surface area contributed by atoms with E-state index in [4.69, 9.17) is 21.1 Å². The number of nitrogens with zero attached hydrogens (tertiary/aromatic N) is 2. The minimum atomic E-state index is -0.330. The van der Waals surface area contributed by atoms with Gasteiger partial charge in [-0.25, -0.2) is 0 Å². The lowest BCUT2D eigenvalue weighted by Crippen LogP contribution is -2.46. The monoisotopic (exact) mass is 392 g/mol. The van der Waals surface area contributed by atoms with Crippen molar-refractivity contribution >= 4 is 29.1 Å². The van der Waals surface area contributed by atoms with E-state index in [1.807, 2.05) is 23.1 Å². The Hall–Kier alpha value is -1.63. The second-order valence-corrected chi connectivity index (χ2v) is 8.19. The maximum atomic E-state index is 13.2. The Morgan fingerprint density at radius 2 is 1.93 bits per heavy atom. The first-order valence-electron chi connectivity index (χ1n) is 9.57. The van der Waals surface area contributed by atoms with Crippen LogP contribution in [0.5, 0.6) is 0 Å². The molecule has 0 radical (unpaired) electrons. The molecule has 3 saturated heterocycles. The Labute approximate surface area is 164 Å². The van der Waals surface area contributed by atoms with Crippen molar-refractivity contribution in [3.63, 3.8) is 0 Å². The number of carbonyl (C=O) groups is 2. The van der Waals surface area contributed by atoms with E-state index in [0.717, 1.165) is 12.8 Å². The molecule has 1 aromatic carbocycles. The zero-order valence-electron chi connectivity index (χ0n) is 15.4. The highest BCUT2D eigenvalue weighted by molar-refractivity contribution is 6.33. The van der Waals surface area contributed by atoms with Gasteiger partial charge in [0.1, 0.15) is 0 Å². The first-order valence-corrected chi connectivity index (χ1v) is 9.95. The molecule has 2 amide bonds. The van der Waals surface area contributed by atoms with Crippen molar-refractivity contribution in [2.45, 2.75) is 19.3 Å². The van der Waals surface area contributed by atoms with Crippen LogP contribution in [-0.4, -0.2) is 62.8 Å². The topological polar surface area (TPSA) is 59.1 Å². The zero-order chi connectivity index (χ0) is 18.9. The SMILES string of the molecule is O=C(C1CC(=O)N(c2ccccc2Cl)C1)N1CCOCC2(CCOCC2)C1. The van der Waals surface area contributed by atoms with Crippen LogP contribution in [0.2, 0.25) is 5.02 Å². The molecule has 6 nitrogen and oxygen atoms in total. The number of rotatable bonds is 2. The fraction of sp³-hybridized carbons (Fsp3) is 0.600. The van der Waals surface area contributed by atoms with Crippen molar-refractivity contribution in [1.29, 1.82) is 0 Å². The van der Waals surface area contributed by atoms with Crippen LogP contribution in [0, 0.1) is 11.3 Å². The highest BCUT2D eigenvalue weighted by atomic mass is 35.5. The normalized spacial score (nSPS) is 25.7. The van der Waals surface area contributed by atoms with Gasteiger partial charge in [0.2, 0.25) is 11.8 Å². The number of hydrogen-bond acceptors (Lipinski definition) is 4. The number of para-hydroxylation sites is 1. The van der Waals surface area contributed by atoms with Crippen LogP contribution in [0.3, 0.4) is 0 Å². The summed E-state index contributed by atoms with van der Waals surface area (Å²) in [6, 6.07) is 7.27. The predicted octanol–water partition coefficient (Wildman–Crippen LogP) is 2.35. The van der Waals surface area contributed by atoms with Crippen LogP contribution in [0.25, 0.3) is 0 Å². The van der Waals surface area contributed by atoms with E-state index in [1.54, 1.807) is 11.0 Å². The minimum Gasteiger partial charge on any atom is -0.381 e. The lowest BCUT2D eigenvalue weighted by Gasteiger charge is -2.38. The molecule has 0 N–H and O–H groups in total. The lowest BCUT2D eigenvalue weighted by atomic mass is 9.80. The average molecular weight is 393 g/mol. The summed E-state index contributed by atoms with van der Waals surface area (Å²) in [6.45, 7) is 4.30. The van der Waals surface area contributed by atoms with Crippen LogP contribution in [-0.2, 0) is 19.1 Å². The van der Waals surface area contributed by atoms with Gasteiger partial charge in [-0.15, -0.1) is 0 Å². The summed E-state index contributed by atoms with van der Waals surface area (Å²) in [6.07, 6.45) is 2.05. The summed E-state index contributed by atoms with van der Waals surface area (Å²) in [5.41, 5.74) is 0.662. The minimum absolute atomic E-state index is 0.0184. The summed E-state index contributed by atoms with van der Waals surface area (Å²) in [5, 5.41) is 0.531. The molecule has 0 saturated carbocycles. The van der Waals surface area contributed by atoms with Gasteiger partial charge < -0.3 is 19.3 Å². The third kappa shape index (κ3) is 3.84. The molecule has 3 aliphatic rings. The van der Waals surface area contributed by atoms with E-state index in [0.29, 0.717) is 56.8 Å². The van der Waals surface area contributed by atoms with Crippen LogP contribution in [0.4, 0.5) is 5.69 Å². The molecule has 1 aromatic rings. The fourth-order valence-corrected chi connectivity index (χ4v) is 4.56. The molecule has 4 rings (SSSR count). The molecule has 146 valence electrons. The number of amides is 2. The van der Waals surface area contributed by atoms with Gasteiger partial charge in [0.15, 0.2) is 0 Å². The highest BCUT2D eigenvalue weighted by Crippen LogP contribution is 2.35. The van der Waals surface area contributed by atoms with Crippen LogP contribution in [0.15, 0.2) is 24.3 Å². The van der Waals surface area contributed by atoms with E-state index in [1.165, 1.54) is 0 Å². The Morgan fingerprint density at radius 3 is 2.70 bits per heavy atom. The van der Waals surface area contributed by atoms with E-state index >= 15 is 0 Å². The smallest absolute Gasteiger partial charge is 0.228 e. The third-order valence-electron chi connectivity index (χ3n) is 5.92. The van der Waals surface area contributed by atoms with Crippen molar-refractivity contribution in [2.75, 3.05) is 51.0 Å². The standard InChI is InChI=1S/C20H25ClN2O4/c21-16-3-1-2-4-17(16)23-12-15(11-18(23)24)19(25)22-7-10-27-14-20(13-22)5-8-26-9-6-20/h1-4,15H,5-14H2. The number of benzene rings is 1. The molecule has 7 heteroatoms. The first-order chi connectivity index (χ1) is 13.1. The second-order valence-electron chi connectivity index (χ2n) is 7.78. The Morgan fingerprint density at radius 1 is 1.15 bits per heavy atom. The molecule has 0 aromatic heterocycles. The molecular formula is C20H25ClN2O4. The number of hydrogen-bond donors (Lipinski definition) is 0. The van der Waals surface area contributed by atoms with Crippen LogP contribution in [0.1, 0.15) is 19.3 Å². The number of carbonyl (C=O) groups excluding carboxylic acids is 2. The van der Waals surface area contributed by atoms with Gasteiger partial charge in [-0.05, 0) is 25.0 Å². The van der Waals surface area contributed by atoms with Gasteiger partial charge in [-0.1, -0.05) is 23.7 Å². The van der Waals surface area contributed by atoms with Gasteiger partial charge >= 0.3 is 0 Å². The fourth-order valence-electron chi connectivity index (χ4n) is 4.32. The van der Waals surface area contributed by atoms with E-state index < -0.39 is 0 Å². The highest BCUT2D eigenvalue weighted by Gasteiger charge is 2.42. The quantitative estimate of drug-likeness (QED) is 0.775. The van der Waals surface area contributed by atoms with Gasteiger partial charge in [-0.3, -0.25) is 9.59 Å². The molecule has 3 fully saturated rings. The van der Waals surface area contributed by atoms with Gasteiger partial charge in [-0.2, -0.15) is 0 Å². The first kappa shape index (κ1) is 18.7. The summed E-state index contributed by atoms with van der Waals surface area (Å²) in [7, 11) is 0. The van der Waals surface area contributed by atoms with Gasteiger partial charge in [0.05, 0.1) is 29.8 Å². The van der Waals surface area contributed by atoms with Crippen LogP contribution < -0.4 is 4.90 Å². The predicted molar refractivity (Wildman–Crippen MR) is 102 cm³/mol. The average Bonchev–Trinajstić information content (AvgIpc) is 2.94. The third-order valence-corrected chi connectivity index (χ3v) is 6.24. The summed E-state index contributed by atoms with van der Waals surface area (Å²) in [5.74, 6) is -0.327. The van der Waals surface area contributed by atoms with Crippen molar-refractivity contribution in [1.82, 2.24) is 4.90 Å². The Balaban J connectivity index is 1.47. The summed E-state index contributed by atoms with van der Waals surface area (Å²) in [4.78, 5) is 29.3. The molecule has 1 spiro atoms. The zero-order valence-corrected chi connectivity index (χ0v) is 16.1. The molecule has 1 atom stereocenters. The number of ether oxygens (including phenoxy) is 2. The van der Waals surface area contributed by atoms with Crippen LogP contribution >= 0.6 is 11.6 Å². The Bertz CT molecular complexity index is 720. The lowest BCUT2D eigenvalue weighted by molar-refractivity contribution is -0.137. The van der Waals surface area contributed by atoms with Gasteiger partial charge in [0, 0.05) is 44.7 Å². The molecule has 27 heavy (non-hydrogen) atoms. The number of halogens is 1. The Kier molecular flexibility index (Phi) is 5.39. The van der Waals surface area contributed by atoms with E-state index in [9.17, 15) is 9.59 Å². The molecule has 1 unspecified atom stereocenters. The molecule has 3 heterocycles. The molecule has 0 bridgehead atoms. The van der Waals surface area contributed by atoms with Crippen molar-refractivity contribution in [2.24, 2.45) is 11.3 Å². The van der Waals surface area contributed by atoms with Gasteiger partial charge in [0.25, 0.3) is 0 Å². The largest absolute Gasteiger partial charge is 0.381 e. The van der Waals surface area contributed by atoms with E-state index in [-0.39, 0.29) is 29.6 Å². The maximum absolute atomic E-state index is 13.2. The summed E-state index contributed by atoms with van der Waals surface area (Å²) >= 11 is 6.25. The van der Waals surface area contributed by atoms with Crippen molar-refractivity contribution < 1.29 is 19.1 Å². The maximum Gasteiger partial charge on any atom is 0.228 e. The van der Waals surface area contributed by atoms with Crippen molar-refractivity contribution in [3.05, 3.63) is 29.3 Å². The molecule has 0 aliphatic carbocycles. The second kappa shape index (κ2) is 7.78. The summed E-state index contributed by atoms with van der Waals surface area (Å²) < 4.78 is 11.3. The van der Waals surface area contributed by atoms with E-state index in [2.05, 4.69) is 0 Å². The molecular weight excluding hydrogens is 368 g/mol. The molecule has 3 aliphatic heterocycles.